The monoisotopic (exact) mass is 397 g/mol. The summed E-state index contributed by atoms with van der Waals surface area (Å²) in [6, 6.07) is -0.609. The zero-order valence-electron chi connectivity index (χ0n) is 18.6. The average molecular weight is 398 g/mol. The maximum atomic E-state index is 11.8. The van der Waals surface area contributed by atoms with Crippen molar-refractivity contribution in [2.45, 2.75) is 129 Å². The molecule has 0 heterocycles. The average Bonchev–Trinajstić information content (AvgIpc) is 2.69. The Bertz CT molecular complexity index is 371. The number of carbonyl (C=O) groups excluding carboxylic acids is 1. The molecule has 3 N–H and O–H groups in total. The van der Waals surface area contributed by atoms with Gasteiger partial charge in [0.05, 0.1) is 18.8 Å². The Morgan fingerprint density at radius 2 is 1.32 bits per heavy atom. The summed E-state index contributed by atoms with van der Waals surface area (Å²) in [5.74, 6) is -0.0923. The van der Waals surface area contributed by atoms with Gasteiger partial charge in [0.15, 0.2) is 0 Å². The van der Waals surface area contributed by atoms with E-state index >= 15 is 0 Å². The van der Waals surface area contributed by atoms with Crippen molar-refractivity contribution in [3.63, 3.8) is 0 Å². The van der Waals surface area contributed by atoms with Crippen molar-refractivity contribution >= 4 is 5.91 Å². The van der Waals surface area contributed by atoms with E-state index < -0.39 is 12.1 Å². The van der Waals surface area contributed by atoms with Gasteiger partial charge in [0.25, 0.3) is 0 Å². The van der Waals surface area contributed by atoms with Crippen molar-refractivity contribution in [2.24, 2.45) is 0 Å². The highest BCUT2D eigenvalue weighted by Crippen LogP contribution is 2.12. The third-order valence-electron chi connectivity index (χ3n) is 5.27. The standard InChI is InChI=1S/C24H47NO3/c1-3-5-7-8-9-10-11-12-13-14-15-16-18-19-23(27)22(21-26)25-24(28)20-17-6-4-2/h18-19,22-23,26-27H,3-17,20-21H2,1-2H3,(H,25,28)/b19-18+/t22-,23?/m0/s1. The lowest BCUT2D eigenvalue weighted by Gasteiger charge is -2.19. The van der Waals surface area contributed by atoms with Crippen LogP contribution in [0, 0.1) is 0 Å². The van der Waals surface area contributed by atoms with Crippen molar-refractivity contribution < 1.29 is 15.0 Å². The van der Waals surface area contributed by atoms with Crippen molar-refractivity contribution in [3.8, 4) is 0 Å². The summed E-state index contributed by atoms with van der Waals surface area (Å²) in [4.78, 5) is 11.8. The number of hydrogen-bond donors (Lipinski definition) is 3. The SMILES string of the molecule is CCCCCCCCCCCCC/C=C/C(O)[C@H](CO)NC(=O)CCCCC. The minimum Gasteiger partial charge on any atom is -0.394 e. The third kappa shape index (κ3) is 17.2. The Hall–Kier alpha value is -0.870. The number of rotatable bonds is 20. The predicted octanol–water partition coefficient (Wildman–Crippen LogP) is 5.66. The molecular formula is C24H47NO3. The number of amides is 1. The van der Waals surface area contributed by atoms with Crippen LogP contribution in [0.1, 0.15) is 117 Å². The zero-order chi connectivity index (χ0) is 20.9. The number of unbranched alkanes of at least 4 members (excludes halogenated alkanes) is 13. The Morgan fingerprint density at radius 1 is 0.821 bits per heavy atom. The van der Waals surface area contributed by atoms with E-state index in [0.29, 0.717) is 6.42 Å². The molecule has 0 aromatic rings. The number of allylic oxidation sites excluding steroid dienone is 1. The Morgan fingerprint density at radius 3 is 1.86 bits per heavy atom. The van der Waals surface area contributed by atoms with Gasteiger partial charge in [-0.25, -0.2) is 0 Å². The second-order valence-electron chi connectivity index (χ2n) is 8.06. The first-order valence-electron chi connectivity index (χ1n) is 11.9. The van der Waals surface area contributed by atoms with E-state index in [-0.39, 0.29) is 12.5 Å². The minimum atomic E-state index is -0.826. The maximum Gasteiger partial charge on any atom is 0.220 e. The van der Waals surface area contributed by atoms with Gasteiger partial charge in [0, 0.05) is 6.42 Å². The molecule has 0 fully saturated rings. The molecule has 0 aliphatic carbocycles. The number of carbonyl (C=O) groups is 1. The molecule has 1 unspecified atom stereocenters. The summed E-state index contributed by atoms with van der Waals surface area (Å²) in [5, 5.41) is 22.3. The van der Waals surface area contributed by atoms with Crippen molar-refractivity contribution in [1.29, 1.82) is 0 Å². The molecule has 0 rings (SSSR count). The molecule has 0 aromatic heterocycles. The van der Waals surface area contributed by atoms with E-state index in [0.717, 1.165) is 32.1 Å². The lowest BCUT2D eigenvalue weighted by Crippen LogP contribution is -2.45. The highest BCUT2D eigenvalue weighted by molar-refractivity contribution is 5.76. The second kappa shape index (κ2) is 20.9. The quantitative estimate of drug-likeness (QED) is 0.183. The number of aliphatic hydroxyl groups is 2. The lowest BCUT2D eigenvalue weighted by molar-refractivity contribution is -0.123. The summed E-state index contributed by atoms with van der Waals surface area (Å²) in [7, 11) is 0. The van der Waals surface area contributed by atoms with Crippen molar-refractivity contribution in [1.82, 2.24) is 5.32 Å². The molecule has 166 valence electrons. The minimum absolute atomic E-state index is 0.0923. The molecule has 0 spiro atoms. The summed E-state index contributed by atoms with van der Waals surface area (Å²) >= 11 is 0. The highest BCUT2D eigenvalue weighted by Gasteiger charge is 2.17. The van der Waals surface area contributed by atoms with Crippen LogP contribution in [0.25, 0.3) is 0 Å². The molecule has 2 atom stereocenters. The largest absolute Gasteiger partial charge is 0.394 e. The summed E-state index contributed by atoms with van der Waals surface area (Å²) in [6.45, 7) is 4.11. The molecule has 0 saturated carbocycles. The van der Waals surface area contributed by atoms with Crippen molar-refractivity contribution in [2.75, 3.05) is 6.61 Å². The number of nitrogens with one attached hydrogen (secondary N) is 1. The van der Waals surface area contributed by atoms with Crippen LogP contribution in [-0.2, 0) is 4.79 Å². The van der Waals surface area contributed by atoms with E-state index in [1.54, 1.807) is 6.08 Å². The van der Waals surface area contributed by atoms with E-state index in [1.807, 2.05) is 6.08 Å². The molecule has 0 saturated heterocycles. The summed E-state index contributed by atoms with van der Waals surface area (Å²) in [5.41, 5.74) is 0. The lowest BCUT2D eigenvalue weighted by atomic mass is 10.0. The van der Waals surface area contributed by atoms with Gasteiger partial charge in [0.2, 0.25) is 5.91 Å². The molecule has 0 aliphatic rings. The normalized spacial score (nSPS) is 13.7. The Labute approximate surface area is 174 Å². The second-order valence-corrected chi connectivity index (χ2v) is 8.06. The van der Waals surface area contributed by atoms with Gasteiger partial charge >= 0.3 is 0 Å². The van der Waals surface area contributed by atoms with Gasteiger partial charge in [0.1, 0.15) is 0 Å². The first-order valence-corrected chi connectivity index (χ1v) is 11.9. The fourth-order valence-electron chi connectivity index (χ4n) is 3.35. The molecule has 0 radical (unpaired) electrons. The van der Waals surface area contributed by atoms with Crippen LogP contribution in [0.15, 0.2) is 12.2 Å². The Kier molecular flexibility index (Phi) is 20.2. The first kappa shape index (κ1) is 27.1. The maximum absolute atomic E-state index is 11.8. The van der Waals surface area contributed by atoms with E-state index in [1.165, 1.54) is 64.2 Å². The van der Waals surface area contributed by atoms with E-state index in [4.69, 9.17) is 0 Å². The van der Waals surface area contributed by atoms with Gasteiger partial charge < -0.3 is 15.5 Å². The van der Waals surface area contributed by atoms with Crippen LogP contribution in [0.2, 0.25) is 0 Å². The van der Waals surface area contributed by atoms with Crippen LogP contribution in [0.4, 0.5) is 0 Å². The summed E-state index contributed by atoms with van der Waals surface area (Å²) in [6.07, 6.45) is 21.8. The molecule has 4 nitrogen and oxygen atoms in total. The van der Waals surface area contributed by atoms with Crippen molar-refractivity contribution in [3.05, 3.63) is 12.2 Å². The molecule has 0 aliphatic heterocycles. The molecule has 4 heteroatoms. The number of aliphatic hydroxyl groups excluding tert-OH is 2. The Balaban J connectivity index is 3.66. The topological polar surface area (TPSA) is 69.6 Å². The number of hydrogen-bond acceptors (Lipinski definition) is 3. The van der Waals surface area contributed by atoms with Gasteiger partial charge in [-0.1, -0.05) is 103 Å². The smallest absolute Gasteiger partial charge is 0.220 e. The fourth-order valence-corrected chi connectivity index (χ4v) is 3.35. The van der Waals surface area contributed by atoms with E-state index in [9.17, 15) is 15.0 Å². The first-order chi connectivity index (χ1) is 13.7. The van der Waals surface area contributed by atoms with Crippen LogP contribution >= 0.6 is 0 Å². The predicted molar refractivity (Wildman–Crippen MR) is 119 cm³/mol. The van der Waals surface area contributed by atoms with Gasteiger partial charge in [-0.05, 0) is 19.3 Å². The van der Waals surface area contributed by atoms with Gasteiger partial charge in [-0.15, -0.1) is 0 Å². The van der Waals surface area contributed by atoms with Crippen LogP contribution in [0.3, 0.4) is 0 Å². The molecule has 0 aromatic carbocycles. The molecule has 1 amide bonds. The van der Waals surface area contributed by atoms with Crippen LogP contribution in [0.5, 0.6) is 0 Å². The van der Waals surface area contributed by atoms with Gasteiger partial charge in [-0.3, -0.25) is 4.79 Å². The fraction of sp³-hybridized carbons (Fsp3) is 0.875. The van der Waals surface area contributed by atoms with Gasteiger partial charge in [-0.2, -0.15) is 0 Å². The molecule has 0 bridgehead atoms. The zero-order valence-corrected chi connectivity index (χ0v) is 18.6. The van der Waals surface area contributed by atoms with E-state index in [2.05, 4.69) is 19.2 Å². The molecular weight excluding hydrogens is 350 g/mol. The third-order valence-corrected chi connectivity index (χ3v) is 5.27. The summed E-state index contributed by atoms with van der Waals surface area (Å²) < 4.78 is 0. The highest BCUT2D eigenvalue weighted by atomic mass is 16.3. The van der Waals surface area contributed by atoms with Crippen LogP contribution in [-0.4, -0.2) is 34.9 Å². The van der Waals surface area contributed by atoms with Crippen LogP contribution < -0.4 is 5.32 Å². The molecule has 28 heavy (non-hydrogen) atoms.